The Kier molecular flexibility index (Phi) is 3.57. The summed E-state index contributed by atoms with van der Waals surface area (Å²) < 4.78 is 0. The number of imide groups is 1. The number of aryl methyl sites for hydroxylation is 1. The summed E-state index contributed by atoms with van der Waals surface area (Å²) in [5, 5.41) is 0. The van der Waals surface area contributed by atoms with Crippen LogP contribution in [0.4, 0.5) is 5.69 Å². The molecule has 21 heavy (non-hydrogen) atoms. The molecule has 0 unspecified atom stereocenters. The van der Waals surface area contributed by atoms with Gasteiger partial charge in [-0.25, -0.2) is 0 Å². The van der Waals surface area contributed by atoms with Crippen molar-refractivity contribution in [1.29, 1.82) is 0 Å². The normalized spacial score (nSPS) is 21.3. The van der Waals surface area contributed by atoms with E-state index in [1.165, 1.54) is 4.90 Å². The van der Waals surface area contributed by atoms with Gasteiger partial charge in [0.25, 0.3) is 0 Å². The number of hydrogen-bond donors (Lipinski definition) is 1. The summed E-state index contributed by atoms with van der Waals surface area (Å²) >= 11 is 0. The number of nitrogens with two attached hydrogens (primary N) is 1. The molecule has 2 fully saturated rings. The standard InChI is InChI=1S/C17H22N2O2/c1-12-5-4-6-14(13(12)11-18)19-15(20)9-17(10-16(19)21)7-2-3-8-17/h4-6H,2-3,7-11,18H2,1H3. The number of benzene rings is 1. The van der Waals surface area contributed by atoms with Crippen molar-refractivity contribution in [3.63, 3.8) is 0 Å². The first-order chi connectivity index (χ1) is 10.1. The highest BCUT2D eigenvalue weighted by atomic mass is 16.2. The van der Waals surface area contributed by atoms with Gasteiger partial charge in [0, 0.05) is 19.4 Å². The first kappa shape index (κ1) is 14.3. The van der Waals surface area contributed by atoms with Crippen molar-refractivity contribution in [2.45, 2.75) is 52.0 Å². The lowest BCUT2D eigenvalue weighted by atomic mass is 9.76. The Morgan fingerprint density at radius 2 is 1.76 bits per heavy atom. The number of carbonyl (C=O) groups excluding carboxylic acids is 2. The second kappa shape index (κ2) is 5.26. The van der Waals surface area contributed by atoms with Crippen molar-refractivity contribution >= 4 is 17.5 Å². The maximum absolute atomic E-state index is 12.6. The Labute approximate surface area is 125 Å². The molecule has 1 aromatic rings. The van der Waals surface area contributed by atoms with Gasteiger partial charge in [-0.1, -0.05) is 25.0 Å². The zero-order valence-corrected chi connectivity index (χ0v) is 12.5. The van der Waals surface area contributed by atoms with Gasteiger partial charge >= 0.3 is 0 Å². The minimum atomic E-state index is -0.0616. The molecule has 1 heterocycles. The number of nitrogens with zero attached hydrogens (tertiary/aromatic N) is 1. The fourth-order valence-corrected chi connectivity index (χ4v) is 3.91. The number of amides is 2. The third-order valence-electron chi connectivity index (χ3n) is 5.05. The van der Waals surface area contributed by atoms with Crippen molar-refractivity contribution in [3.05, 3.63) is 29.3 Å². The van der Waals surface area contributed by atoms with E-state index in [0.717, 1.165) is 36.8 Å². The van der Waals surface area contributed by atoms with Crippen molar-refractivity contribution in [2.75, 3.05) is 4.90 Å². The molecule has 0 radical (unpaired) electrons. The molecule has 1 spiro atoms. The van der Waals surface area contributed by atoms with Crippen LogP contribution in [0.1, 0.15) is 49.7 Å². The van der Waals surface area contributed by atoms with Gasteiger partial charge in [0.1, 0.15) is 0 Å². The van der Waals surface area contributed by atoms with Crippen LogP contribution in [0, 0.1) is 12.3 Å². The highest BCUT2D eigenvalue weighted by Crippen LogP contribution is 2.47. The van der Waals surface area contributed by atoms with Crippen LogP contribution < -0.4 is 10.6 Å². The fraction of sp³-hybridized carbons (Fsp3) is 0.529. The minimum Gasteiger partial charge on any atom is -0.326 e. The van der Waals surface area contributed by atoms with E-state index in [1.807, 2.05) is 25.1 Å². The Bertz CT molecular complexity index is 568. The van der Waals surface area contributed by atoms with Crippen molar-refractivity contribution in [2.24, 2.45) is 11.1 Å². The quantitative estimate of drug-likeness (QED) is 0.850. The third kappa shape index (κ3) is 2.38. The third-order valence-corrected chi connectivity index (χ3v) is 5.05. The van der Waals surface area contributed by atoms with Gasteiger partial charge in [-0.05, 0) is 42.4 Å². The van der Waals surface area contributed by atoms with Gasteiger partial charge in [0.15, 0.2) is 0 Å². The van der Waals surface area contributed by atoms with Crippen LogP contribution in [-0.2, 0) is 16.1 Å². The minimum absolute atomic E-state index is 0.0582. The van der Waals surface area contributed by atoms with Crippen molar-refractivity contribution in [3.8, 4) is 0 Å². The van der Waals surface area contributed by atoms with E-state index in [1.54, 1.807) is 0 Å². The van der Waals surface area contributed by atoms with Crippen LogP contribution in [-0.4, -0.2) is 11.8 Å². The molecule has 1 aromatic carbocycles. The highest BCUT2D eigenvalue weighted by molar-refractivity contribution is 6.17. The summed E-state index contributed by atoms with van der Waals surface area (Å²) in [5.74, 6) is -0.123. The summed E-state index contributed by atoms with van der Waals surface area (Å²) in [5.41, 5.74) is 8.35. The molecule has 2 amide bonds. The SMILES string of the molecule is Cc1cccc(N2C(=O)CC3(CCCC3)CC2=O)c1CN. The van der Waals surface area contributed by atoms with Crippen LogP contribution in [0.2, 0.25) is 0 Å². The van der Waals surface area contributed by atoms with E-state index in [4.69, 9.17) is 5.73 Å². The zero-order valence-electron chi connectivity index (χ0n) is 12.5. The van der Waals surface area contributed by atoms with Gasteiger partial charge in [-0.2, -0.15) is 0 Å². The van der Waals surface area contributed by atoms with Gasteiger partial charge in [-0.15, -0.1) is 0 Å². The number of piperidine rings is 1. The maximum Gasteiger partial charge on any atom is 0.234 e. The van der Waals surface area contributed by atoms with Gasteiger partial charge in [0.05, 0.1) is 5.69 Å². The molecular weight excluding hydrogens is 264 g/mol. The Morgan fingerprint density at radius 3 is 2.33 bits per heavy atom. The molecule has 2 aliphatic rings. The summed E-state index contributed by atoms with van der Waals surface area (Å²) in [6.45, 7) is 2.30. The topological polar surface area (TPSA) is 63.4 Å². The fourth-order valence-electron chi connectivity index (χ4n) is 3.91. The zero-order chi connectivity index (χ0) is 15.0. The first-order valence-electron chi connectivity index (χ1n) is 7.71. The lowest BCUT2D eigenvalue weighted by molar-refractivity contribution is -0.133. The van der Waals surface area contributed by atoms with Crippen molar-refractivity contribution in [1.82, 2.24) is 0 Å². The first-order valence-corrected chi connectivity index (χ1v) is 7.71. The van der Waals surface area contributed by atoms with E-state index in [0.29, 0.717) is 25.1 Å². The van der Waals surface area contributed by atoms with Crippen LogP contribution in [0.15, 0.2) is 18.2 Å². The summed E-state index contributed by atoms with van der Waals surface area (Å²) in [6, 6.07) is 5.67. The molecule has 0 aromatic heterocycles. The lowest BCUT2D eigenvalue weighted by Crippen LogP contribution is -2.47. The van der Waals surface area contributed by atoms with E-state index < -0.39 is 0 Å². The van der Waals surface area contributed by atoms with E-state index in [-0.39, 0.29) is 17.2 Å². The average Bonchev–Trinajstić information content (AvgIpc) is 2.86. The molecule has 0 atom stereocenters. The number of rotatable bonds is 2. The molecular formula is C17H22N2O2. The second-order valence-corrected chi connectivity index (χ2v) is 6.46. The molecule has 1 aliphatic carbocycles. The van der Waals surface area contributed by atoms with Crippen LogP contribution in [0.3, 0.4) is 0 Å². The number of anilines is 1. The Hall–Kier alpha value is -1.68. The molecule has 3 rings (SSSR count). The molecule has 1 saturated heterocycles. The van der Waals surface area contributed by atoms with Crippen LogP contribution in [0.25, 0.3) is 0 Å². The van der Waals surface area contributed by atoms with Gasteiger partial charge in [-0.3, -0.25) is 14.5 Å². The molecule has 4 heteroatoms. The Balaban J connectivity index is 1.95. The number of hydrogen-bond acceptors (Lipinski definition) is 3. The monoisotopic (exact) mass is 286 g/mol. The molecule has 4 nitrogen and oxygen atoms in total. The van der Waals surface area contributed by atoms with Crippen LogP contribution >= 0.6 is 0 Å². The second-order valence-electron chi connectivity index (χ2n) is 6.46. The van der Waals surface area contributed by atoms with Gasteiger partial charge in [0.2, 0.25) is 11.8 Å². The van der Waals surface area contributed by atoms with Crippen molar-refractivity contribution < 1.29 is 9.59 Å². The van der Waals surface area contributed by atoms with E-state index >= 15 is 0 Å². The predicted molar refractivity (Wildman–Crippen MR) is 81.7 cm³/mol. The maximum atomic E-state index is 12.6. The lowest BCUT2D eigenvalue weighted by Gasteiger charge is -2.38. The predicted octanol–water partition coefficient (Wildman–Crippen LogP) is 2.67. The van der Waals surface area contributed by atoms with E-state index in [9.17, 15) is 9.59 Å². The van der Waals surface area contributed by atoms with Crippen LogP contribution in [0.5, 0.6) is 0 Å². The average molecular weight is 286 g/mol. The molecule has 1 saturated carbocycles. The molecule has 1 aliphatic heterocycles. The molecule has 112 valence electrons. The molecule has 0 bridgehead atoms. The summed E-state index contributed by atoms with van der Waals surface area (Å²) in [6.07, 6.45) is 5.29. The molecule has 2 N–H and O–H groups in total. The smallest absolute Gasteiger partial charge is 0.234 e. The van der Waals surface area contributed by atoms with Gasteiger partial charge < -0.3 is 5.73 Å². The number of carbonyl (C=O) groups is 2. The summed E-state index contributed by atoms with van der Waals surface area (Å²) in [7, 11) is 0. The highest BCUT2D eigenvalue weighted by Gasteiger charge is 2.45. The summed E-state index contributed by atoms with van der Waals surface area (Å²) in [4.78, 5) is 26.6. The largest absolute Gasteiger partial charge is 0.326 e. The Morgan fingerprint density at radius 1 is 1.14 bits per heavy atom. The van der Waals surface area contributed by atoms with E-state index in [2.05, 4.69) is 0 Å².